The maximum Gasteiger partial charge on any atom is 0.139 e. The van der Waals surface area contributed by atoms with Crippen molar-refractivity contribution in [3.8, 4) is 12.3 Å². The van der Waals surface area contributed by atoms with Crippen molar-refractivity contribution in [1.82, 2.24) is 5.06 Å². The molecule has 2 fully saturated rings. The van der Waals surface area contributed by atoms with Gasteiger partial charge in [0.05, 0.1) is 24.4 Å². The molecule has 2 saturated heterocycles. The zero-order valence-electron chi connectivity index (χ0n) is 12.4. The summed E-state index contributed by atoms with van der Waals surface area (Å²) in [5.41, 5.74) is 0.634. The molecular weight excluding hydrogens is 266 g/mol. The summed E-state index contributed by atoms with van der Waals surface area (Å²) >= 11 is 0. The lowest BCUT2D eigenvalue weighted by molar-refractivity contribution is -0.338. The zero-order valence-corrected chi connectivity index (χ0v) is 12.4. The lowest BCUT2D eigenvalue weighted by Gasteiger charge is -2.54. The van der Waals surface area contributed by atoms with E-state index < -0.39 is 17.8 Å². The van der Waals surface area contributed by atoms with E-state index in [0.717, 1.165) is 5.56 Å². The van der Waals surface area contributed by atoms with E-state index in [1.54, 1.807) is 5.06 Å². The predicted octanol–water partition coefficient (Wildman–Crippen LogP) is 1.59. The number of hydrogen-bond donors (Lipinski definition) is 1. The molecule has 4 heteroatoms. The molecule has 4 atom stereocenters. The first-order chi connectivity index (χ1) is 10.0. The van der Waals surface area contributed by atoms with Gasteiger partial charge < -0.3 is 9.84 Å². The number of aliphatic hydroxyl groups is 1. The quantitative estimate of drug-likeness (QED) is 0.839. The summed E-state index contributed by atoms with van der Waals surface area (Å²) in [5.74, 6) is 2.59. The van der Waals surface area contributed by atoms with E-state index in [4.69, 9.17) is 16.0 Å². The molecule has 3 rings (SSSR count). The Hall–Kier alpha value is -1.38. The van der Waals surface area contributed by atoms with E-state index >= 15 is 0 Å². The molecule has 2 aliphatic heterocycles. The first-order valence-corrected chi connectivity index (χ1v) is 7.28. The molecule has 0 spiro atoms. The summed E-state index contributed by atoms with van der Waals surface area (Å²) in [6, 6.07) is 9.67. The third-order valence-electron chi connectivity index (χ3n) is 4.49. The maximum absolute atomic E-state index is 10.7. The van der Waals surface area contributed by atoms with Gasteiger partial charge in [-0.05, 0) is 19.4 Å². The van der Waals surface area contributed by atoms with E-state index in [1.807, 2.05) is 44.2 Å². The summed E-state index contributed by atoms with van der Waals surface area (Å²) in [7, 11) is 0. The molecule has 1 aromatic carbocycles. The average molecular weight is 287 g/mol. The highest BCUT2D eigenvalue weighted by atomic mass is 16.7. The van der Waals surface area contributed by atoms with E-state index in [0.29, 0.717) is 13.2 Å². The van der Waals surface area contributed by atoms with Gasteiger partial charge in [-0.15, -0.1) is 6.42 Å². The van der Waals surface area contributed by atoms with Gasteiger partial charge in [0.2, 0.25) is 0 Å². The predicted molar refractivity (Wildman–Crippen MR) is 79.0 cm³/mol. The number of ether oxygens (including phenoxy) is 1. The Morgan fingerprint density at radius 3 is 2.76 bits per heavy atom. The Morgan fingerprint density at radius 1 is 1.38 bits per heavy atom. The minimum Gasteiger partial charge on any atom is -0.391 e. The Labute approximate surface area is 125 Å². The molecule has 2 aliphatic rings. The van der Waals surface area contributed by atoms with Crippen LogP contribution in [0.4, 0.5) is 0 Å². The molecule has 112 valence electrons. The van der Waals surface area contributed by atoms with E-state index in [2.05, 4.69) is 5.92 Å². The Kier molecular flexibility index (Phi) is 3.76. The molecule has 2 heterocycles. The molecule has 0 unspecified atom stereocenters. The molecule has 4 nitrogen and oxygen atoms in total. The molecule has 1 aromatic rings. The molecule has 21 heavy (non-hydrogen) atoms. The van der Waals surface area contributed by atoms with Crippen LogP contribution in [0.3, 0.4) is 0 Å². The van der Waals surface area contributed by atoms with Crippen LogP contribution < -0.4 is 0 Å². The van der Waals surface area contributed by atoms with Gasteiger partial charge in [-0.2, -0.15) is 5.06 Å². The number of rotatable bonds is 2. The molecule has 1 N–H and O–H groups in total. The molecule has 0 aliphatic carbocycles. The van der Waals surface area contributed by atoms with Crippen molar-refractivity contribution in [2.24, 2.45) is 5.92 Å². The minimum absolute atomic E-state index is 0.0703. The van der Waals surface area contributed by atoms with Crippen molar-refractivity contribution in [3.63, 3.8) is 0 Å². The second-order valence-electron chi connectivity index (χ2n) is 6.25. The molecule has 0 aromatic heterocycles. The largest absolute Gasteiger partial charge is 0.391 e. The van der Waals surface area contributed by atoms with E-state index in [9.17, 15) is 5.11 Å². The molecule has 2 bridgehead atoms. The maximum atomic E-state index is 10.7. The van der Waals surface area contributed by atoms with Crippen molar-refractivity contribution < 1.29 is 14.7 Å². The summed E-state index contributed by atoms with van der Waals surface area (Å²) in [6.45, 7) is 4.93. The summed E-state index contributed by atoms with van der Waals surface area (Å²) in [6.07, 6.45) is 4.58. The third kappa shape index (κ3) is 2.58. The number of fused-ring (bicyclic) bond motifs is 2. The number of terminal acetylenes is 1. The number of hydrogen-bond acceptors (Lipinski definition) is 4. The Morgan fingerprint density at radius 2 is 2.10 bits per heavy atom. The van der Waals surface area contributed by atoms with E-state index in [1.165, 1.54) is 0 Å². The Balaban J connectivity index is 1.84. The van der Waals surface area contributed by atoms with Crippen molar-refractivity contribution >= 4 is 0 Å². The van der Waals surface area contributed by atoms with Gasteiger partial charge in [0, 0.05) is 12.5 Å². The lowest BCUT2D eigenvalue weighted by atomic mass is 9.77. The van der Waals surface area contributed by atoms with Crippen molar-refractivity contribution in [3.05, 3.63) is 35.9 Å². The second kappa shape index (κ2) is 5.43. The van der Waals surface area contributed by atoms with E-state index in [-0.39, 0.29) is 12.0 Å². The smallest absolute Gasteiger partial charge is 0.139 e. The van der Waals surface area contributed by atoms with Crippen LogP contribution in [0.5, 0.6) is 0 Å². The third-order valence-corrected chi connectivity index (χ3v) is 4.49. The fourth-order valence-corrected chi connectivity index (χ4v) is 3.24. The molecular formula is C17H21NO3. The first-order valence-electron chi connectivity index (χ1n) is 7.28. The second-order valence-corrected chi connectivity index (χ2v) is 6.25. The number of hydroxylamine groups is 2. The summed E-state index contributed by atoms with van der Waals surface area (Å²) < 4.78 is 6.01. The van der Waals surface area contributed by atoms with Crippen LogP contribution in [0.1, 0.15) is 19.4 Å². The highest BCUT2D eigenvalue weighted by Gasteiger charge is 2.54. The molecule has 0 radical (unpaired) electrons. The minimum atomic E-state index is -0.549. The molecule has 0 saturated carbocycles. The van der Waals surface area contributed by atoms with Gasteiger partial charge in [-0.3, -0.25) is 4.84 Å². The van der Waals surface area contributed by atoms with Crippen LogP contribution in [0.2, 0.25) is 0 Å². The highest BCUT2D eigenvalue weighted by Crippen LogP contribution is 2.40. The van der Waals surface area contributed by atoms with Gasteiger partial charge in [0.15, 0.2) is 0 Å². The highest BCUT2D eigenvalue weighted by molar-refractivity contribution is 5.16. The first kappa shape index (κ1) is 14.6. The monoisotopic (exact) mass is 287 g/mol. The van der Waals surface area contributed by atoms with Crippen LogP contribution in [0.15, 0.2) is 30.3 Å². The van der Waals surface area contributed by atoms with Gasteiger partial charge in [0.1, 0.15) is 6.10 Å². The normalized spacial score (nSPS) is 35.1. The van der Waals surface area contributed by atoms with Crippen LogP contribution >= 0.6 is 0 Å². The molecule has 0 amide bonds. The Bertz CT molecular complexity index is 537. The van der Waals surface area contributed by atoms with Crippen LogP contribution in [-0.2, 0) is 16.1 Å². The summed E-state index contributed by atoms with van der Waals surface area (Å²) in [4.78, 5) is 5.88. The van der Waals surface area contributed by atoms with Crippen molar-refractivity contribution in [1.29, 1.82) is 0 Å². The SMILES string of the molecule is C#C[C@H]1OC(C)(C)[C@H]2CON(Cc3ccccc3)[C@@H]1[C@H]2O. The van der Waals surface area contributed by atoms with Crippen molar-refractivity contribution in [2.75, 3.05) is 6.61 Å². The van der Waals surface area contributed by atoms with Gasteiger partial charge in [0.25, 0.3) is 0 Å². The fraction of sp³-hybridized carbons (Fsp3) is 0.529. The average Bonchev–Trinajstić information content (AvgIpc) is 2.45. The topological polar surface area (TPSA) is 41.9 Å². The number of nitrogens with zero attached hydrogens (tertiary/aromatic N) is 1. The zero-order chi connectivity index (χ0) is 15.0. The van der Waals surface area contributed by atoms with Gasteiger partial charge >= 0.3 is 0 Å². The van der Waals surface area contributed by atoms with Crippen LogP contribution in [0, 0.1) is 18.3 Å². The van der Waals surface area contributed by atoms with Gasteiger partial charge in [-0.1, -0.05) is 36.3 Å². The number of benzene rings is 1. The number of aliphatic hydroxyl groups excluding tert-OH is 1. The van der Waals surface area contributed by atoms with Gasteiger partial charge in [-0.25, -0.2) is 0 Å². The van der Waals surface area contributed by atoms with Crippen LogP contribution in [-0.4, -0.2) is 40.6 Å². The lowest BCUT2D eigenvalue weighted by Crippen LogP contribution is -2.68. The summed E-state index contributed by atoms with van der Waals surface area (Å²) in [5, 5.41) is 12.5. The standard InChI is InChI=1S/C17H21NO3/c1-4-14-15-16(19)13(17(2,3)21-14)11-20-18(15)10-12-8-6-5-7-9-12/h1,5-9,13-16,19H,10-11H2,2-3H3/t13-,14+,15-,16-/m0/s1. The van der Waals surface area contributed by atoms with Crippen LogP contribution in [0.25, 0.3) is 0 Å². The van der Waals surface area contributed by atoms with Crippen molar-refractivity contribution in [2.45, 2.75) is 44.2 Å². The fourth-order valence-electron chi connectivity index (χ4n) is 3.24.